The number of hydrogen-bond acceptors (Lipinski definition) is 2. The molecular weight excluding hydrogens is 140 g/mol. The van der Waals surface area contributed by atoms with Crippen LogP contribution in [0.1, 0.15) is 39.0 Å². The van der Waals surface area contributed by atoms with Crippen molar-refractivity contribution in [3.8, 4) is 0 Å². The smallest absolute Gasteiger partial charge is 0.0841 e. The number of aliphatic hydroxyl groups excluding tert-OH is 1. The maximum atomic E-state index is 8.53. The van der Waals surface area contributed by atoms with Crippen molar-refractivity contribution in [2.24, 2.45) is 0 Å². The Labute approximate surface area is 68.6 Å². The van der Waals surface area contributed by atoms with Crippen LogP contribution < -0.4 is 0 Å². The lowest BCUT2D eigenvalue weighted by atomic mass is 10.1. The second kappa shape index (κ2) is 4.73. The van der Waals surface area contributed by atoms with Gasteiger partial charge in [0.25, 0.3) is 0 Å². The number of ether oxygens (including phenoxy) is 1. The molecule has 0 saturated carbocycles. The van der Waals surface area contributed by atoms with Crippen LogP contribution in [-0.4, -0.2) is 23.9 Å². The molecule has 11 heavy (non-hydrogen) atoms. The van der Waals surface area contributed by atoms with Crippen molar-refractivity contribution in [3.05, 3.63) is 0 Å². The van der Waals surface area contributed by atoms with Crippen LogP contribution in [0.25, 0.3) is 0 Å². The van der Waals surface area contributed by atoms with Gasteiger partial charge in [-0.15, -0.1) is 0 Å². The van der Waals surface area contributed by atoms with E-state index >= 15 is 0 Å². The van der Waals surface area contributed by atoms with E-state index in [0.717, 1.165) is 19.3 Å². The maximum Gasteiger partial charge on any atom is 0.0841 e. The topological polar surface area (TPSA) is 32.8 Å². The van der Waals surface area contributed by atoms with E-state index in [4.69, 9.17) is 9.84 Å². The number of unbranched alkanes of at least 4 members (excludes halogenated alkanes) is 1. The second-order valence-electron chi connectivity index (χ2n) is 3.22. The zero-order valence-electron chi connectivity index (χ0n) is 7.25. The molecule has 2 nitrogen and oxygen atoms in total. The summed E-state index contributed by atoms with van der Waals surface area (Å²) in [5.41, 5.74) is 0. The van der Waals surface area contributed by atoms with E-state index in [1.165, 1.54) is 12.8 Å². The minimum absolute atomic E-state index is 0.325. The third-order valence-electron chi connectivity index (χ3n) is 2.16. The first-order chi connectivity index (χ1) is 5.38. The first kappa shape index (κ1) is 9.01. The quantitative estimate of drug-likeness (QED) is 0.471. The first-order valence-electron chi connectivity index (χ1n) is 4.64. The number of rotatable bonds is 6. The van der Waals surface area contributed by atoms with Crippen molar-refractivity contribution in [1.29, 1.82) is 0 Å². The third-order valence-corrected chi connectivity index (χ3v) is 2.16. The fourth-order valence-electron chi connectivity index (χ4n) is 1.43. The molecule has 1 rings (SSSR count). The molecule has 0 aromatic carbocycles. The van der Waals surface area contributed by atoms with Crippen LogP contribution in [0.3, 0.4) is 0 Å². The van der Waals surface area contributed by atoms with Gasteiger partial charge in [0.05, 0.1) is 12.2 Å². The zero-order valence-corrected chi connectivity index (χ0v) is 7.25. The van der Waals surface area contributed by atoms with Gasteiger partial charge in [0.15, 0.2) is 0 Å². The lowest BCUT2D eigenvalue weighted by molar-refractivity contribution is 0.278. The lowest BCUT2D eigenvalue weighted by Crippen LogP contribution is -1.94. The molecule has 0 bridgehead atoms. The largest absolute Gasteiger partial charge is 0.396 e. The Balaban J connectivity index is 1.87. The zero-order chi connectivity index (χ0) is 8.10. The van der Waals surface area contributed by atoms with Gasteiger partial charge in [0.2, 0.25) is 0 Å². The standard InChI is InChI=1S/C9H18O2/c1-2-5-8-9(11-8)6-3-4-7-10/h8-10H,2-7H2,1H3. The third kappa shape index (κ3) is 3.21. The monoisotopic (exact) mass is 158 g/mol. The molecule has 0 aromatic heterocycles. The predicted molar refractivity (Wildman–Crippen MR) is 44.5 cm³/mol. The molecule has 66 valence electrons. The van der Waals surface area contributed by atoms with Crippen molar-refractivity contribution in [1.82, 2.24) is 0 Å². The van der Waals surface area contributed by atoms with Crippen molar-refractivity contribution < 1.29 is 9.84 Å². The SMILES string of the molecule is CCCC1OC1CCCCO. The predicted octanol–water partition coefficient (Wildman–Crippen LogP) is 1.72. The molecule has 1 aliphatic heterocycles. The van der Waals surface area contributed by atoms with Gasteiger partial charge >= 0.3 is 0 Å². The van der Waals surface area contributed by atoms with E-state index in [1.54, 1.807) is 0 Å². The van der Waals surface area contributed by atoms with Crippen LogP contribution in [0.5, 0.6) is 0 Å². The summed E-state index contributed by atoms with van der Waals surface area (Å²) in [7, 11) is 0. The summed E-state index contributed by atoms with van der Waals surface area (Å²) in [6, 6.07) is 0. The molecule has 0 radical (unpaired) electrons. The highest BCUT2D eigenvalue weighted by Crippen LogP contribution is 2.30. The van der Waals surface area contributed by atoms with Crippen molar-refractivity contribution in [2.45, 2.75) is 51.2 Å². The number of hydrogen-bond donors (Lipinski definition) is 1. The molecule has 2 heteroatoms. The minimum atomic E-state index is 0.325. The Morgan fingerprint density at radius 1 is 1.18 bits per heavy atom. The second-order valence-corrected chi connectivity index (χ2v) is 3.22. The summed E-state index contributed by atoms with van der Waals surface area (Å²) in [5.74, 6) is 0. The lowest BCUT2D eigenvalue weighted by Gasteiger charge is -1.93. The molecule has 0 aromatic rings. The van der Waals surface area contributed by atoms with Gasteiger partial charge in [-0.1, -0.05) is 13.3 Å². The van der Waals surface area contributed by atoms with Crippen molar-refractivity contribution in [2.75, 3.05) is 6.61 Å². The molecule has 1 N–H and O–H groups in total. The summed E-state index contributed by atoms with van der Waals surface area (Å²) in [6.07, 6.45) is 6.70. The Morgan fingerprint density at radius 3 is 2.55 bits per heavy atom. The highest BCUT2D eigenvalue weighted by molar-refractivity contribution is 4.83. The Kier molecular flexibility index (Phi) is 3.87. The van der Waals surface area contributed by atoms with E-state index in [2.05, 4.69) is 6.92 Å². The molecule has 0 aliphatic carbocycles. The van der Waals surface area contributed by atoms with E-state index in [9.17, 15) is 0 Å². The molecule has 2 unspecified atom stereocenters. The molecule has 0 amide bonds. The normalized spacial score (nSPS) is 28.9. The van der Waals surface area contributed by atoms with E-state index in [1.807, 2.05) is 0 Å². The molecule has 0 spiro atoms. The molecule has 1 saturated heterocycles. The van der Waals surface area contributed by atoms with Crippen molar-refractivity contribution >= 4 is 0 Å². The van der Waals surface area contributed by atoms with Crippen LogP contribution in [0, 0.1) is 0 Å². The van der Waals surface area contributed by atoms with Gasteiger partial charge in [-0.05, 0) is 25.7 Å². The number of aliphatic hydroxyl groups is 1. The van der Waals surface area contributed by atoms with Crippen LogP contribution in [0.15, 0.2) is 0 Å². The van der Waals surface area contributed by atoms with Crippen LogP contribution in [0.2, 0.25) is 0 Å². The van der Waals surface area contributed by atoms with Crippen LogP contribution in [-0.2, 0) is 4.74 Å². The average molecular weight is 158 g/mol. The summed E-state index contributed by atoms with van der Waals surface area (Å²) in [5, 5.41) is 8.53. The summed E-state index contributed by atoms with van der Waals surface area (Å²) in [6.45, 7) is 2.51. The molecule has 1 fully saturated rings. The highest BCUT2D eigenvalue weighted by Gasteiger charge is 2.36. The fraction of sp³-hybridized carbons (Fsp3) is 1.00. The first-order valence-corrected chi connectivity index (χ1v) is 4.64. The van der Waals surface area contributed by atoms with Crippen LogP contribution in [0.4, 0.5) is 0 Å². The van der Waals surface area contributed by atoms with Gasteiger partial charge < -0.3 is 9.84 Å². The fourth-order valence-corrected chi connectivity index (χ4v) is 1.43. The Morgan fingerprint density at radius 2 is 1.91 bits per heavy atom. The van der Waals surface area contributed by atoms with Gasteiger partial charge in [-0.3, -0.25) is 0 Å². The molecule has 1 heterocycles. The van der Waals surface area contributed by atoms with Gasteiger partial charge in [0.1, 0.15) is 0 Å². The van der Waals surface area contributed by atoms with Gasteiger partial charge in [-0.2, -0.15) is 0 Å². The summed E-state index contributed by atoms with van der Waals surface area (Å²) in [4.78, 5) is 0. The van der Waals surface area contributed by atoms with Gasteiger partial charge in [-0.25, -0.2) is 0 Å². The average Bonchev–Trinajstić information content (AvgIpc) is 2.70. The van der Waals surface area contributed by atoms with E-state index < -0.39 is 0 Å². The van der Waals surface area contributed by atoms with Crippen molar-refractivity contribution in [3.63, 3.8) is 0 Å². The van der Waals surface area contributed by atoms with Gasteiger partial charge in [0, 0.05) is 6.61 Å². The minimum Gasteiger partial charge on any atom is -0.396 e. The molecule has 1 aliphatic rings. The highest BCUT2D eigenvalue weighted by atomic mass is 16.6. The molecule has 2 atom stereocenters. The summed E-state index contributed by atoms with van der Waals surface area (Å²) >= 11 is 0. The number of epoxide rings is 1. The maximum absolute atomic E-state index is 8.53. The molecular formula is C9H18O2. The Hall–Kier alpha value is -0.0800. The van der Waals surface area contributed by atoms with Crippen LogP contribution >= 0.6 is 0 Å². The van der Waals surface area contributed by atoms with E-state index in [-0.39, 0.29) is 0 Å². The summed E-state index contributed by atoms with van der Waals surface area (Å²) < 4.78 is 5.42. The van der Waals surface area contributed by atoms with E-state index in [0.29, 0.717) is 18.8 Å². The Bertz CT molecular complexity index is 104.